The fourth-order valence-electron chi connectivity index (χ4n) is 8.73. The van der Waals surface area contributed by atoms with Gasteiger partial charge in [-0.3, -0.25) is 19.3 Å². The predicted octanol–water partition coefficient (Wildman–Crippen LogP) is 1.53. The van der Waals surface area contributed by atoms with Crippen LogP contribution >= 0.6 is 0 Å². The molecule has 9 nitrogen and oxygen atoms in total. The smallest absolute Gasteiger partial charge is 0.240 e. The van der Waals surface area contributed by atoms with Crippen LogP contribution in [-0.4, -0.2) is 69.7 Å². The van der Waals surface area contributed by atoms with Crippen molar-refractivity contribution >= 4 is 17.7 Å². The standard InChI is InChI=1S/C33H40N4O5/c34-29(39)26(12-19-4-2-1-3-5-19)35-30(40)24-13-22-16-33(42)28-14-21-8-9-23(38)15-25(21)32(33,17-27(22)36-31(24)41)10-11-37(28)18-20-6-7-20/h1-5,8-9,15,20,22,24,26-28,38,42H,6-7,10-14,16-18H2,(H2,34,39)(H,35,40)(H,36,41)/t22?,24?,26-,27?,28+,32+,33+/m0/s1. The minimum absolute atomic E-state index is 0.0557. The molecule has 2 aromatic carbocycles. The third kappa shape index (κ3) is 4.48. The maximum absolute atomic E-state index is 13.4. The third-order valence-corrected chi connectivity index (χ3v) is 11.0. The summed E-state index contributed by atoms with van der Waals surface area (Å²) in [7, 11) is 0. The van der Waals surface area contributed by atoms with E-state index in [-0.39, 0.29) is 36.1 Å². The van der Waals surface area contributed by atoms with Crippen molar-refractivity contribution in [3.63, 3.8) is 0 Å². The molecule has 42 heavy (non-hydrogen) atoms. The highest BCUT2D eigenvalue weighted by molar-refractivity contribution is 6.02. The van der Waals surface area contributed by atoms with Gasteiger partial charge in [0.25, 0.3) is 0 Å². The van der Waals surface area contributed by atoms with E-state index in [1.807, 2.05) is 42.5 Å². The molecule has 7 atom stereocenters. The van der Waals surface area contributed by atoms with Crippen molar-refractivity contribution < 1.29 is 24.6 Å². The Morgan fingerprint density at radius 2 is 1.93 bits per heavy atom. The Balaban J connectivity index is 1.15. The number of nitrogens with one attached hydrogen (secondary N) is 2. The van der Waals surface area contributed by atoms with E-state index < -0.39 is 34.8 Å². The van der Waals surface area contributed by atoms with Crippen LogP contribution in [0.15, 0.2) is 48.5 Å². The molecule has 3 amide bonds. The lowest BCUT2D eigenvalue weighted by molar-refractivity contribution is -0.188. The van der Waals surface area contributed by atoms with E-state index in [0.717, 1.165) is 36.2 Å². The molecule has 2 saturated carbocycles. The zero-order chi connectivity index (χ0) is 29.2. The number of piperidine rings is 2. The molecular weight excluding hydrogens is 532 g/mol. The summed E-state index contributed by atoms with van der Waals surface area (Å²) in [6.45, 7) is 1.87. The second-order valence-corrected chi connectivity index (χ2v) is 13.5. The molecule has 2 bridgehead atoms. The fourth-order valence-corrected chi connectivity index (χ4v) is 8.73. The second kappa shape index (κ2) is 10.1. The predicted molar refractivity (Wildman–Crippen MR) is 155 cm³/mol. The van der Waals surface area contributed by atoms with Gasteiger partial charge in [0.2, 0.25) is 17.7 Å². The summed E-state index contributed by atoms with van der Waals surface area (Å²) in [5.74, 6) is -1.70. The lowest BCUT2D eigenvalue weighted by Gasteiger charge is -2.66. The van der Waals surface area contributed by atoms with Gasteiger partial charge >= 0.3 is 0 Å². The molecule has 3 aliphatic carbocycles. The van der Waals surface area contributed by atoms with Gasteiger partial charge in [-0.05, 0) is 92.1 Å². The highest BCUT2D eigenvalue weighted by Gasteiger charge is 2.67. The van der Waals surface area contributed by atoms with Gasteiger partial charge in [-0.2, -0.15) is 0 Å². The van der Waals surface area contributed by atoms with Crippen LogP contribution in [0.3, 0.4) is 0 Å². The number of hydrogen-bond donors (Lipinski definition) is 5. The number of hydrogen-bond acceptors (Lipinski definition) is 6. The maximum Gasteiger partial charge on any atom is 0.240 e. The van der Waals surface area contributed by atoms with E-state index in [1.165, 1.54) is 12.8 Å². The monoisotopic (exact) mass is 572 g/mol. The second-order valence-electron chi connectivity index (χ2n) is 13.5. The first kappa shape index (κ1) is 27.4. The van der Waals surface area contributed by atoms with Gasteiger partial charge in [0.05, 0.1) is 5.60 Å². The number of phenols is 1. The number of aliphatic hydroxyl groups is 1. The molecule has 2 heterocycles. The van der Waals surface area contributed by atoms with Crippen molar-refractivity contribution in [3.8, 4) is 5.75 Å². The van der Waals surface area contributed by atoms with E-state index in [1.54, 1.807) is 6.07 Å². The molecule has 2 aliphatic heterocycles. The summed E-state index contributed by atoms with van der Waals surface area (Å²) in [4.78, 5) is 41.6. The summed E-state index contributed by atoms with van der Waals surface area (Å²) < 4.78 is 0. The largest absolute Gasteiger partial charge is 0.508 e. The van der Waals surface area contributed by atoms with Crippen molar-refractivity contribution in [2.75, 3.05) is 13.1 Å². The number of amides is 3. The fraction of sp³-hybridized carbons (Fsp3) is 0.545. The van der Waals surface area contributed by atoms with Gasteiger partial charge in [-0.1, -0.05) is 36.4 Å². The van der Waals surface area contributed by atoms with Crippen LogP contribution in [-0.2, 0) is 32.6 Å². The minimum atomic E-state index is -1.05. The third-order valence-electron chi connectivity index (χ3n) is 11.0. The number of carbonyl (C=O) groups is 3. The maximum atomic E-state index is 13.4. The van der Waals surface area contributed by atoms with Crippen molar-refractivity contribution in [1.29, 1.82) is 0 Å². The van der Waals surface area contributed by atoms with Crippen LogP contribution in [0.5, 0.6) is 5.75 Å². The molecule has 3 unspecified atom stereocenters. The quantitative estimate of drug-likeness (QED) is 0.318. The first-order chi connectivity index (χ1) is 20.2. The number of carbonyl (C=O) groups excluding carboxylic acids is 3. The lowest BCUT2D eigenvalue weighted by atomic mass is 9.46. The van der Waals surface area contributed by atoms with E-state index in [4.69, 9.17) is 5.73 Å². The van der Waals surface area contributed by atoms with E-state index >= 15 is 0 Å². The summed E-state index contributed by atoms with van der Waals surface area (Å²) in [6.07, 6.45) is 5.53. The van der Waals surface area contributed by atoms with Gasteiger partial charge < -0.3 is 26.6 Å². The molecule has 7 rings (SSSR count). The minimum Gasteiger partial charge on any atom is -0.508 e. The van der Waals surface area contributed by atoms with Gasteiger partial charge in [0, 0.05) is 30.5 Å². The van der Waals surface area contributed by atoms with Crippen LogP contribution < -0.4 is 16.4 Å². The molecule has 0 spiro atoms. The number of benzene rings is 2. The SMILES string of the molecule is NC(=O)[C@H](Cc1ccccc1)NC(=O)C1CC2C[C@@]3(O)[C@H]4Cc5ccc(O)cc5[C@@]3(CCN4CC3CC3)CC2NC1=O. The molecule has 2 aromatic rings. The van der Waals surface area contributed by atoms with Crippen LogP contribution in [0.2, 0.25) is 0 Å². The van der Waals surface area contributed by atoms with E-state index in [2.05, 4.69) is 15.5 Å². The first-order valence-electron chi connectivity index (χ1n) is 15.4. The number of rotatable bonds is 7. The number of nitrogens with two attached hydrogens (primary N) is 1. The Morgan fingerprint density at radius 3 is 2.67 bits per heavy atom. The summed E-state index contributed by atoms with van der Waals surface area (Å²) >= 11 is 0. The van der Waals surface area contributed by atoms with Crippen molar-refractivity contribution in [1.82, 2.24) is 15.5 Å². The molecular formula is C33H40N4O5. The van der Waals surface area contributed by atoms with E-state index in [0.29, 0.717) is 31.6 Å². The number of fused-ring (bicyclic) bond motifs is 2. The highest BCUT2D eigenvalue weighted by Crippen LogP contribution is 2.61. The van der Waals surface area contributed by atoms with Gasteiger partial charge in [-0.15, -0.1) is 0 Å². The van der Waals surface area contributed by atoms with Gasteiger partial charge in [0.1, 0.15) is 17.7 Å². The number of phenolic OH excluding ortho intramolecular Hbond substituents is 1. The normalized spacial score (nSPS) is 34.3. The lowest BCUT2D eigenvalue weighted by Crippen LogP contribution is -2.76. The zero-order valence-corrected chi connectivity index (χ0v) is 23.8. The van der Waals surface area contributed by atoms with E-state index in [9.17, 15) is 24.6 Å². The molecule has 0 radical (unpaired) electrons. The average molecular weight is 573 g/mol. The molecule has 222 valence electrons. The van der Waals surface area contributed by atoms with Gasteiger partial charge in [-0.25, -0.2) is 0 Å². The van der Waals surface area contributed by atoms with Crippen molar-refractivity contribution in [2.24, 2.45) is 23.5 Å². The van der Waals surface area contributed by atoms with Crippen molar-refractivity contribution in [3.05, 3.63) is 65.2 Å². The Bertz CT molecular complexity index is 1410. The zero-order valence-electron chi connectivity index (χ0n) is 23.8. The Labute approximate surface area is 245 Å². The highest BCUT2D eigenvalue weighted by atomic mass is 16.3. The molecule has 5 aliphatic rings. The number of nitrogens with zero attached hydrogens (tertiary/aromatic N) is 1. The Kier molecular flexibility index (Phi) is 6.58. The Morgan fingerprint density at radius 1 is 1.14 bits per heavy atom. The Hall–Kier alpha value is -3.43. The summed E-state index contributed by atoms with van der Waals surface area (Å²) in [5, 5.41) is 29.2. The van der Waals surface area contributed by atoms with Crippen LogP contribution in [0, 0.1) is 17.8 Å². The molecule has 4 fully saturated rings. The topological polar surface area (TPSA) is 145 Å². The summed E-state index contributed by atoms with van der Waals surface area (Å²) in [5.41, 5.74) is 7.04. The van der Waals surface area contributed by atoms with Crippen LogP contribution in [0.1, 0.15) is 55.2 Å². The van der Waals surface area contributed by atoms with Gasteiger partial charge in [0.15, 0.2) is 0 Å². The van der Waals surface area contributed by atoms with Crippen LogP contribution in [0.25, 0.3) is 0 Å². The average Bonchev–Trinajstić information content (AvgIpc) is 3.78. The number of aromatic hydroxyl groups is 1. The number of primary amides is 1. The van der Waals surface area contributed by atoms with Crippen molar-refractivity contribution in [2.45, 2.75) is 80.5 Å². The van der Waals surface area contributed by atoms with Crippen LogP contribution in [0.4, 0.5) is 0 Å². The number of likely N-dealkylation sites (tertiary alicyclic amines) is 1. The summed E-state index contributed by atoms with van der Waals surface area (Å²) in [6, 6.07) is 13.7. The molecule has 0 aromatic heterocycles. The molecule has 6 N–H and O–H groups in total. The molecule has 9 heteroatoms. The first-order valence-corrected chi connectivity index (χ1v) is 15.4. The molecule has 2 saturated heterocycles.